The highest BCUT2D eigenvalue weighted by molar-refractivity contribution is 5.20. The minimum atomic E-state index is 0.322. The maximum Gasteiger partial charge on any atom is 0.115 e. The van der Waals surface area contributed by atoms with Gasteiger partial charge >= 0.3 is 0 Å². The third kappa shape index (κ3) is 17.0. The van der Waals surface area contributed by atoms with Gasteiger partial charge in [0.15, 0.2) is 0 Å². The highest BCUT2D eigenvalue weighted by atomic mass is 16.3. The molecule has 4 heteroatoms. The molecule has 0 atom stereocenters. The van der Waals surface area contributed by atoms with Crippen molar-refractivity contribution in [3.05, 3.63) is 146 Å². The average molecular weight is 443 g/mol. The van der Waals surface area contributed by atoms with E-state index < -0.39 is 0 Å². The molecular weight excluding hydrogens is 412 g/mol. The fourth-order valence-electron chi connectivity index (χ4n) is 2.10. The molecule has 0 unspecified atom stereocenters. The van der Waals surface area contributed by atoms with E-state index in [2.05, 4.69) is 24.3 Å². The first-order valence-corrected chi connectivity index (χ1v) is 10.4. The highest BCUT2D eigenvalue weighted by Crippen LogP contribution is 2.04. The molecule has 33 heavy (non-hydrogen) atoms. The maximum atomic E-state index is 8.63. The fraction of sp³-hybridized carbons (Fsp3) is 0.0345. The molecule has 170 valence electrons. The Hall–Kier alpha value is -4.44. The average Bonchev–Trinajstić information content (AvgIpc) is 3.43. The molecule has 0 saturated heterocycles. The van der Waals surface area contributed by atoms with Gasteiger partial charge in [0.2, 0.25) is 0 Å². The zero-order valence-electron chi connectivity index (χ0n) is 18.4. The number of hydrogen-bond acceptors (Lipinski definition) is 4. The normalized spacial score (nSPS) is 9.94. The molecular formula is C29H30O4. The lowest BCUT2D eigenvalue weighted by atomic mass is 10.3. The van der Waals surface area contributed by atoms with Crippen molar-refractivity contribution in [1.29, 1.82) is 0 Å². The van der Waals surface area contributed by atoms with Crippen LogP contribution >= 0.6 is 0 Å². The Kier molecular flexibility index (Phi) is 14.8. The Morgan fingerprint density at radius 2 is 0.545 bits per heavy atom. The number of hydrogen-bond donors (Lipinski definition) is 4. The monoisotopic (exact) mass is 442 g/mol. The molecule has 4 N–H and O–H groups in total. The molecule has 4 aromatic carbocycles. The first-order chi connectivity index (χ1) is 16.1. The van der Waals surface area contributed by atoms with Crippen LogP contribution in [0.15, 0.2) is 146 Å². The zero-order valence-corrected chi connectivity index (χ0v) is 18.4. The van der Waals surface area contributed by atoms with Crippen LogP contribution < -0.4 is 0 Å². The van der Waals surface area contributed by atoms with E-state index in [1.807, 2.05) is 24.3 Å². The number of rotatable bonds is 0. The molecule has 0 heterocycles. The van der Waals surface area contributed by atoms with E-state index >= 15 is 0 Å². The molecule has 1 aliphatic rings. The van der Waals surface area contributed by atoms with Crippen molar-refractivity contribution < 1.29 is 20.4 Å². The molecule has 4 nitrogen and oxygen atoms in total. The molecule has 0 radical (unpaired) electrons. The van der Waals surface area contributed by atoms with Crippen LogP contribution in [0.3, 0.4) is 0 Å². The quantitative estimate of drug-likeness (QED) is 0.235. The second kappa shape index (κ2) is 18.3. The third-order valence-corrected chi connectivity index (χ3v) is 3.68. The van der Waals surface area contributed by atoms with Crippen LogP contribution in [0.25, 0.3) is 0 Å². The number of phenols is 4. The van der Waals surface area contributed by atoms with E-state index in [9.17, 15) is 0 Å². The second-order valence-corrected chi connectivity index (χ2v) is 6.43. The molecule has 0 bridgehead atoms. The summed E-state index contributed by atoms with van der Waals surface area (Å²) in [5, 5.41) is 34.5. The summed E-state index contributed by atoms with van der Waals surface area (Å²) < 4.78 is 0. The Labute approximate surface area is 195 Å². The Balaban J connectivity index is 0.000000207. The van der Waals surface area contributed by atoms with Crippen molar-refractivity contribution in [2.24, 2.45) is 0 Å². The van der Waals surface area contributed by atoms with Crippen LogP contribution in [0.4, 0.5) is 0 Å². The Morgan fingerprint density at radius 3 is 0.636 bits per heavy atom. The lowest BCUT2D eigenvalue weighted by molar-refractivity contribution is 0.475. The molecule has 0 aromatic heterocycles. The van der Waals surface area contributed by atoms with E-state index in [1.165, 1.54) is 0 Å². The number of aromatic hydroxyl groups is 4. The zero-order chi connectivity index (χ0) is 24.0. The van der Waals surface area contributed by atoms with Gasteiger partial charge in [-0.15, -0.1) is 0 Å². The van der Waals surface area contributed by atoms with Gasteiger partial charge in [-0.2, -0.15) is 0 Å². The largest absolute Gasteiger partial charge is 0.508 e. The maximum absolute atomic E-state index is 8.63. The number of benzene rings is 4. The van der Waals surface area contributed by atoms with E-state index in [4.69, 9.17) is 20.4 Å². The summed E-state index contributed by atoms with van der Waals surface area (Å²) in [6.45, 7) is 0. The van der Waals surface area contributed by atoms with Gasteiger partial charge in [0.25, 0.3) is 0 Å². The van der Waals surface area contributed by atoms with Crippen molar-refractivity contribution in [1.82, 2.24) is 0 Å². The minimum Gasteiger partial charge on any atom is -0.508 e. The van der Waals surface area contributed by atoms with Crippen molar-refractivity contribution >= 4 is 0 Å². The van der Waals surface area contributed by atoms with Gasteiger partial charge in [0, 0.05) is 0 Å². The molecule has 0 saturated carbocycles. The van der Waals surface area contributed by atoms with Crippen LogP contribution in [0.5, 0.6) is 23.0 Å². The topological polar surface area (TPSA) is 80.9 Å². The molecule has 0 amide bonds. The van der Waals surface area contributed by atoms with Gasteiger partial charge in [0.1, 0.15) is 23.0 Å². The van der Waals surface area contributed by atoms with Gasteiger partial charge < -0.3 is 20.4 Å². The molecule has 0 fully saturated rings. The van der Waals surface area contributed by atoms with Crippen molar-refractivity contribution in [3.63, 3.8) is 0 Å². The molecule has 1 aliphatic carbocycles. The summed E-state index contributed by atoms with van der Waals surface area (Å²) in [6, 6.07) is 34.9. The molecule has 4 aromatic rings. The number of para-hydroxylation sites is 4. The highest BCUT2D eigenvalue weighted by Gasteiger charge is 1.77. The van der Waals surface area contributed by atoms with Gasteiger partial charge in [-0.3, -0.25) is 0 Å². The van der Waals surface area contributed by atoms with Crippen LogP contribution in [0, 0.1) is 0 Å². The first kappa shape index (κ1) is 26.6. The van der Waals surface area contributed by atoms with Gasteiger partial charge in [0.05, 0.1) is 0 Å². The van der Waals surface area contributed by atoms with Crippen LogP contribution in [0.1, 0.15) is 6.42 Å². The van der Waals surface area contributed by atoms with Crippen LogP contribution in [0.2, 0.25) is 0 Å². The smallest absolute Gasteiger partial charge is 0.115 e. The van der Waals surface area contributed by atoms with E-state index in [0.717, 1.165) is 6.42 Å². The summed E-state index contributed by atoms with van der Waals surface area (Å²) in [6.07, 6.45) is 9.50. The predicted octanol–water partition coefficient (Wildman–Crippen LogP) is 7.07. The van der Waals surface area contributed by atoms with Crippen LogP contribution in [-0.2, 0) is 0 Å². The lowest BCUT2D eigenvalue weighted by Crippen LogP contribution is -1.56. The molecule has 5 rings (SSSR count). The summed E-state index contributed by atoms with van der Waals surface area (Å²) in [4.78, 5) is 0. The second-order valence-electron chi connectivity index (χ2n) is 6.43. The molecule has 0 spiro atoms. The summed E-state index contributed by atoms with van der Waals surface area (Å²) in [5.41, 5.74) is 0. The molecule has 0 aliphatic heterocycles. The van der Waals surface area contributed by atoms with E-state index in [-0.39, 0.29) is 0 Å². The van der Waals surface area contributed by atoms with E-state index in [0.29, 0.717) is 23.0 Å². The van der Waals surface area contributed by atoms with Crippen molar-refractivity contribution in [2.75, 3.05) is 0 Å². The van der Waals surface area contributed by atoms with Crippen molar-refractivity contribution in [2.45, 2.75) is 6.42 Å². The lowest BCUT2D eigenvalue weighted by Gasteiger charge is -1.82. The van der Waals surface area contributed by atoms with Crippen LogP contribution in [-0.4, -0.2) is 20.4 Å². The predicted molar refractivity (Wildman–Crippen MR) is 135 cm³/mol. The van der Waals surface area contributed by atoms with Gasteiger partial charge in [-0.05, 0) is 55.0 Å². The first-order valence-electron chi connectivity index (χ1n) is 10.4. The fourth-order valence-corrected chi connectivity index (χ4v) is 2.10. The Morgan fingerprint density at radius 1 is 0.333 bits per heavy atom. The summed E-state index contributed by atoms with van der Waals surface area (Å²) in [7, 11) is 0. The summed E-state index contributed by atoms with van der Waals surface area (Å²) >= 11 is 0. The Bertz CT molecular complexity index is 840. The van der Waals surface area contributed by atoms with Gasteiger partial charge in [-0.25, -0.2) is 0 Å². The standard InChI is InChI=1S/4C6H6O.C5H6/c4*7-6-4-2-1-3-5-6;1-2-4-5-3-1/h4*1-5,7H;1-4H,5H2. The summed E-state index contributed by atoms with van der Waals surface area (Å²) in [5.74, 6) is 1.29. The van der Waals surface area contributed by atoms with Gasteiger partial charge in [-0.1, -0.05) is 97.1 Å². The van der Waals surface area contributed by atoms with E-state index in [1.54, 1.807) is 97.1 Å². The minimum absolute atomic E-state index is 0.322. The number of allylic oxidation sites excluding steroid dienone is 4. The third-order valence-electron chi connectivity index (χ3n) is 3.68. The SMILES string of the molecule is C1=CCC=C1.Oc1ccccc1.Oc1ccccc1.Oc1ccccc1.Oc1ccccc1. The number of phenolic OH excluding ortho intramolecular Hbond substituents is 4. The van der Waals surface area contributed by atoms with Crippen molar-refractivity contribution in [3.8, 4) is 23.0 Å².